The highest BCUT2D eigenvalue weighted by molar-refractivity contribution is 5.80. The summed E-state index contributed by atoms with van der Waals surface area (Å²) in [6.07, 6.45) is -1.53. The number of amides is 3. The van der Waals surface area contributed by atoms with Gasteiger partial charge in [0.1, 0.15) is 17.8 Å². The quantitative estimate of drug-likeness (QED) is 0.593. The van der Waals surface area contributed by atoms with Crippen LogP contribution in [-0.2, 0) is 14.3 Å². The molecule has 10 nitrogen and oxygen atoms in total. The maximum Gasteiger partial charge on any atom is 0.407 e. The van der Waals surface area contributed by atoms with Crippen molar-refractivity contribution in [3.8, 4) is 0 Å². The molecule has 0 radical (unpaired) electrons. The molecule has 1 saturated carbocycles. The monoisotopic (exact) mass is 515 g/mol. The van der Waals surface area contributed by atoms with E-state index in [9.17, 15) is 27.6 Å². The van der Waals surface area contributed by atoms with Crippen molar-refractivity contribution in [2.24, 2.45) is 0 Å². The van der Waals surface area contributed by atoms with Crippen LogP contribution in [0.15, 0.2) is 4.52 Å². The Morgan fingerprint density at radius 2 is 2.03 bits per heavy atom. The van der Waals surface area contributed by atoms with Crippen LogP contribution in [0, 0.1) is 0 Å². The maximum absolute atomic E-state index is 14.4. The van der Waals surface area contributed by atoms with Crippen LogP contribution in [0.5, 0.6) is 0 Å². The minimum atomic E-state index is -3.06. The molecule has 36 heavy (non-hydrogen) atoms. The van der Waals surface area contributed by atoms with E-state index < -0.39 is 60.7 Å². The van der Waals surface area contributed by atoms with Crippen LogP contribution in [0.4, 0.5) is 18.0 Å². The van der Waals surface area contributed by atoms with Gasteiger partial charge in [-0.05, 0) is 33.6 Å². The number of ether oxygens (including phenoxy) is 1. The first-order valence-corrected chi connectivity index (χ1v) is 12.2. The topological polar surface area (TPSA) is 118 Å². The standard InChI is InChI=1S/C23H32F3N5O5/c1-22(2,3)35-21(34)27-15(11-30-12-23(25,26)7-6-17(30)32)9-18(33)31-10-14(24)8-16(31)20-28-19(29-36-20)13-4-5-13/h13-16H,4-12H2,1-3H3,(H,27,34)/t14-,15-,16-/m0/s1. The second-order valence-corrected chi connectivity index (χ2v) is 10.8. The summed E-state index contributed by atoms with van der Waals surface area (Å²) in [7, 11) is 0. The number of nitrogens with zero attached hydrogens (tertiary/aromatic N) is 4. The van der Waals surface area contributed by atoms with E-state index in [4.69, 9.17) is 9.26 Å². The van der Waals surface area contributed by atoms with E-state index in [1.807, 2.05) is 0 Å². The smallest absolute Gasteiger partial charge is 0.407 e. The second-order valence-electron chi connectivity index (χ2n) is 10.8. The fourth-order valence-corrected chi connectivity index (χ4v) is 4.47. The van der Waals surface area contributed by atoms with Crippen LogP contribution in [0.3, 0.4) is 0 Å². The minimum Gasteiger partial charge on any atom is -0.444 e. The van der Waals surface area contributed by atoms with Gasteiger partial charge in [0.2, 0.25) is 17.7 Å². The van der Waals surface area contributed by atoms with E-state index in [1.165, 1.54) is 4.90 Å². The number of hydrogen-bond acceptors (Lipinski definition) is 7. The Morgan fingerprint density at radius 1 is 1.31 bits per heavy atom. The number of alkyl carbamates (subject to hydrolysis) is 1. The fourth-order valence-electron chi connectivity index (χ4n) is 4.47. The molecule has 2 aliphatic heterocycles. The molecule has 3 heterocycles. The zero-order chi connectivity index (χ0) is 26.3. The van der Waals surface area contributed by atoms with Crippen LogP contribution >= 0.6 is 0 Å². The predicted octanol–water partition coefficient (Wildman–Crippen LogP) is 3.10. The summed E-state index contributed by atoms with van der Waals surface area (Å²) in [6.45, 7) is 3.62. The lowest BCUT2D eigenvalue weighted by atomic mass is 10.0. The van der Waals surface area contributed by atoms with Gasteiger partial charge in [-0.15, -0.1) is 0 Å². The molecular formula is C23H32F3N5O5. The molecule has 0 bridgehead atoms. The van der Waals surface area contributed by atoms with Gasteiger partial charge in [-0.3, -0.25) is 9.59 Å². The molecule has 2 saturated heterocycles. The van der Waals surface area contributed by atoms with E-state index in [2.05, 4.69) is 15.5 Å². The second kappa shape index (κ2) is 9.89. The number of halogens is 3. The van der Waals surface area contributed by atoms with Gasteiger partial charge in [-0.1, -0.05) is 5.16 Å². The summed E-state index contributed by atoms with van der Waals surface area (Å²) in [4.78, 5) is 44.6. The van der Waals surface area contributed by atoms with Crippen LogP contribution in [0.25, 0.3) is 0 Å². The van der Waals surface area contributed by atoms with Crippen molar-refractivity contribution in [2.45, 2.75) is 95.0 Å². The number of nitrogens with one attached hydrogen (secondary N) is 1. The predicted molar refractivity (Wildman–Crippen MR) is 119 cm³/mol. The minimum absolute atomic E-state index is 0.0148. The molecular weight excluding hydrogens is 483 g/mol. The maximum atomic E-state index is 14.4. The zero-order valence-electron chi connectivity index (χ0n) is 20.6. The van der Waals surface area contributed by atoms with Crippen molar-refractivity contribution in [2.75, 3.05) is 19.6 Å². The Balaban J connectivity index is 1.48. The Hall–Kier alpha value is -2.86. The first-order chi connectivity index (χ1) is 16.8. The molecule has 1 aliphatic carbocycles. The van der Waals surface area contributed by atoms with Crippen molar-refractivity contribution < 1.29 is 36.8 Å². The van der Waals surface area contributed by atoms with Crippen molar-refractivity contribution >= 4 is 17.9 Å². The highest BCUT2D eigenvalue weighted by Gasteiger charge is 2.43. The van der Waals surface area contributed by atoms with E-state index in [1.54, 1.807) is 20.8 Å². The van der Waals surface area contributed by atoms with Gasteiger partial charge in [-0.2, -0.15) is 4.98 Å². The van der Waals surface area contributed by atoms with Crippen molar-refractivity contribution in [3.63, 3.8) is 0 Å². The van der Waals surface area contributed by atoms with Gasteiger partial charge in [-0.25, -0.2) is 18.0 Å². The molecule has 0 spiro atoms. The first-order valence-electron chi connectivity index (χ1n) is 12.2. The SMILES string of the molecule is CC(C)(C)OC(=O)N[C@@H](CC(=O)N1C[C@@H](F)C[C@H]1c1nc(C2CC2)no1)CN1CC(F)(F)CCC1=O. The number of alkyl halides is 3. The third kappa shape index (κ3) is 6.67. The third-order valence-corrected chi connectivity index (χ3v) is 6.32. The molecule has 1 aromatic heterocycles. The Labute approximate surface area is 206 Å². The average Bonchev–Trinajstić information content (AvgIpc) is 3.34. The number of carbonyl (C=O) groups excluding carboxylic acids is 3. The van der Waals surface area contributed by atoms with Crippen LogP contribution in [-0.4, -0.2) is 81.2 Å². The summed E-state index contributed by atoms with van der Waals surface area (Å²) in [6, 6.07) is -1.80. The lowest BCUT2D eigenvalue weighted by Crippen LogP contribution is -2.53. The summed E-state index contributed by atoms with van der Waals surface area (Å²) >= 11 is 0. The van der Waals surface area contributed by atoms with Gasteiger partial charge in [0, 0.05) is 38.1 Å². The molecule has 0 aromatic carbocycles. The zero-order valence-corrected chi connectivity index (χ0v) is 20.6. The average molecular weight is 516 g/mol. The van der Waals surface area contributed by atoms with E-state index in [0.717, 1.165) is 17.7 Å². The molecule has 3 atom stereocenters. The summed E-state index contributed by atoms with van der Waals surface area (Å²) < 4.78 is 52.9. The van der Waals surface area contributed by atoms with Gasteiger partial charge in [0.25, 0.3) is 5.92 Å². The van der Waals surface area contributed by atoms with E-state index >= 15 is 0 Å². The number of aromatic nitrogens is 2. The lowest BCUT2D eigenvalue weighted by Gasteiger charge is -2.35. The van der Waals surface area contributed by atoms with Crippen molar-refractivity contribution in [1.29, 1.82) is 0 Å². The van der Waals surface area contributed by atoms with Crippen LogP contribution in [0.2, 0.25) is 0 Å². The Morgan fingerprint density at radius 3 is 2.69 bits per heavy atom. The molecule has 3 aliphatic rings. The van der Waals surface area contributed by atoms with E-state index in [0.29, 0.717) is 5.82 Å². The Bertz CT molecular complexity index is 993. The van der Waals surface area contributed by atoms with E-state index in [-0.39, 0.29) is 44.2 Å². The molecule has 13 heteroatoms. The number of likely N-dealkylation sites (tertiary alicyclic amines) is 2. The number of rotatable bonds is 7. The summed E-state index contributed by atoms with van der Waals surface area (Å²) in [5.74, 6) is -3.19. The van der Waals surface area contributed by atoms with Crippen molar-refractivity contribution in [3.05, 3.63) is 11.7 Å². The van der Waals surface area contributed by atoms with Crippen LogP contribution in [0.1, 0.15) is 83.0 Å². The normalized spacial score (nSPS) is 25.1. The fraction of sp³-hybridized carbons (Fsp3) is 0.783. The number of carbonyl (C=O) groups is 3. The van der Waals surface area contributed by atoms with Gasteiger partial charge < -0.3 is 24.4 Å². The largest absolute Gasteiger partial charge is 0.444 e. The first kappa shape index (κ1) is 26.2. The van der Waals surface area contributed by atoms with Crippen LogP contribution < -0.4 is 5.32 Å². The molecule has 1 aromatic rings. The molecule has 4 rings (SSSR count). The van der Waals surface area contributed by atoms with Gasteiger partial charge in [0.05, 0.1) is 19.1 Å². The van der Waals surface area contributed by atoms with Gasteiger partial charge in [0.15, 0.2) is 5.82 Å². The van der Waals surface area contributed by atoms with Gasteiger partial charge >= 0.3 is 6.09 Å². The van der Waals surface area contributed by atoms with Crippen molar-refractivity contribution in [1.82, 2.24) is 25.3 Å². The number of hydrogen-bond donors (Lipinski definition) is 1. The highest BCUT2D eigenvalue weighted by atomic mass is 19.3. The molecule has 200 valence electrons. The number of piperidine rings is 1. The lowest BCUT2D eigenvalue weighted by molar-refractivity contribution is -0.148. The molecule has 3 amide bonds. The molecule has 0 unspecified atom stereocenters. The summed E-state index contributed by atoms with van der Waals surface area (Å²) in [5.41, 5.74) is -0.842. The molecule has 1 N–H and O–H groups in total. The third-order valence-electron chi connectivity index (χ3n) is 6.32. The Kier molecular flexibility index (Phi) is 7.20. The highest BCUT2D eigenvalue weighted by Crippen LogP contribution is 2.40. The molecule has 3 fully saturated rings. The summed E-state index contributed by atoms with van der Waals surface area (Å²) in [5, 5.41) is 6.46.